The molecule has 144 valence electrons. The second-order valence-electron chi connectivity index (χ2n) is 6.48. The molecule has 2 atom stereocenters. The van der Waals surface area contributed by atoms with E-state index in [4.69, 9.17) is 0 Å². The number of sulfonamides is 1. The summed E-state index contributed by atoms with van der Waals surface area (Å²) in [5, 5.41) is 2.44. The van der Waals surface area contributed by atoms with Crippen molar-refractivity contribution in [3.8, 4) is 0 Å². The van der Waals surface area contributed by atoms with Crippen LogP contribution in [0.2, 0.25) is 0 Å². The number of halogens is 3. The molecule has 2 N–H and O–H groups in total. The molecule has 1 fully saturated rings. The van der Waals surface area contributed by atoms with Gasteiger partial charge in [0, 0.05) is 5.92 Å². The average Bonchev–Trinajstić information content (AvgIpc) is 3.36. The summed E-state index contributed by atoms with van der Waals surface area (Å²) >= 11 is 0. The first-order valence-electron chi connectivity index (χ1n) is 8.09. The van der Waals surface area contributed by atoms with E-state index in [1.54, 1.807) is 0 Å². The Morgan fingerprint density at radius 2 is 1.74 bits per heavy atom. The lowest BCUT2D eigenvalue weighted by atomic mass is 10.1. The zero-order valence-corrected chi connectivity index (χ0v) is 15.1. The van der Waals surface area contributed by atoms with Crippen LogP contribution in [0.1, 0.15) is 23.5 Å². The van der Waals surface area contributed by atoms with Crippen molar-refractivity contribution in [2.75, 3.05) is 16.3 Å². The fourth-order valence-corrected chi connectivity index (χ4v) is 3.47. The highest BCUT2D eigenvalue weighted by Crippen LogP contribution is 2.48. The maximum Gasteiger partial charge on any atom is 0.416 e. The van der Waals surface area contributed by atoms with Crippen molar-refractivity contribution >= 4 is 27.3 Å². The van der Waals surface area contributed by atoms with Crippen LogP contribution in [-0.4, -0.2) is 20.6 Å². The number of alkyl halides is 3. The smallest absolute Gasteiger partial charge is 0.324 e. The zero-order valence-electron chi connectivity index (χ0n) is 14.2. The lowest BCUT2D eigenvalue weighted by Gasteiger charge is -2.15. The largest absolute Gasteiger partial charge is 0.416 e. The van der Waals surface area contributed by atoms with Gasteiger partial charge in [0.1, 0.15) is 0 Å². The summed E-state index contributed by atoms with van der Waals surface area (Å²) < 4.78 is 64.0. The number of carbonyl (C=O) groups is 1. The second-order valence-corrected chi connectivity index (χ2v) is 8.23. The van der Waals surface area contributed by atoms with Gasteiger partial charge in [0.15, 0.2) is 0 Å². The number of benzene rings is 2. The van der Waals surface area contributed by atoms with Crippen molar-refractivity contribution < 1.29 is 26.4 Å². The molecule has 9 heteroatoms. The number of rotatable bonds is 5. The normalized spacial score (nSPS) is 19.4. The Morgan fingerprint density at radius 3 is 2.33 bits per heavy atom. The summed E-state index contributed by atoms with van der Waals surface area (Å²) in [5.41, 5.74) is -0.335. The van der Waals surface area contributed by atoms with E-state index in [1.165, 1.54) is 0 Å². The van der Waals surface area contributed by atoms with E-state index < -0.39 is 27.7 Å². The monoisotopic (exact) mass is 398 g/mol. The lowest BCUT2D eigenvalue weighted by Crippen LogP contribution is -2.18. The summed E-state index contributed by atoms with van der Waals surface area (Å²) in [5.74, 6) is -0.809. The van der Waals surface area contributed by atoms with Crippen molar-refractivity contribution in [1.29, 1.82) is 0 Å². The Kier molecular flexibility index (Phi) is 4.90. The lowest BCUT2D eigenvalue weighted by molar-refractivity contribution is -0.137. The molecular formula is C18H17F3N2O3S. The molecular weight excluding hydrogens is 381 g/mol. The van der Waals surface area contributed by atoms with Crippen LogP contribution in [0, 0.1) is 5.92 Å². The van der Waals surface area contributed by atoms with Gasteiger partial charge in [-0.25, -0.2) is 8.42 Å². The first kappa shape index (κ1) is 19.2. The van der Waals surface area contributed by atoms with Gasteiger partial charge >= 0.3 is 6.18 Å². The quantitative estimate of drug-likeness (QED) is 0.804. The molecule has 2 aromatic carbocycles. The van der Waals surface area contributed by atoms with Gasteiger partial charge in [0.2, 0.25) is 15.9 Å². The third-order valence-electron chi connectivity index (χ3n) is 4.26. The van der Waals surface area contributed by atoms with Crippen molar-refractivity contribution in [2.45, 2.75) is 18.5 Å². The van der Waals surface area contributed by atoms with Crippen molar-refractivity contribution in [1.82, 2.24) is 0 Å². The van der Waals surface area contributed by atoms with E-state index in [9.17, 15) is 26.4 Å². The highest BCUT2D eigenvalue weighted by molar-refractivity contribution is 7.92. The molecule has 3 rings (SSSR count). The van der Waals surface area contributed by atoms with Gasteiger partial charge in [-0.1, -0.05) is 30.3 Å². The Bertz CT molecular complexity index is 960. The van der Waals surface area contributed by atoms with E-state index in [-0.39, 0.29) is 23.2 Å². The molecule has 0 aromatic heterocycles. The maximum atomic E-state index is 13.0. The minimum atomic E-state index is -4.62. The van der Waals surface area contributed by atoms with Gasteiger partial charge in [-0.3, -0.25) is 9.52 Å². The van der Waals surface area contributed by atoms with Gasteiger partial charge < -0.3 is 5.32 Å². The maximum absolute atomic E-state index is 13.0. The van der Waals surface area contributed by atoms with E-state index in [2.05, 4.69) is 10.0 Å². The number of carbonyl (C=O) groups excluding carboxylic acids is 1. The first-order chi connectivity index (χ1) is 12.5. The van der Waals surface area contributed by atoms with Crippen molar-refractivity contribution in [3.05, 3.63) is 59.7 Å². The Hall–Kier alpha value is -2.55. The summed E-state index contributed by atoms with van der Waals surface area (Å²) in [6.07, 6.45) is -3.15. The Labute approximate surface area is 154 Å². The molecule has 5 nitrogen and oxygen atoms in total. The first-order valence-corrected chi connectivity index (χ1v) is 9.98. The van der Waals surface area contributed by atoms with Gasteiger partial charge in [-0.15, -0.1) is 0 Å². The van der Waals surface area contributed by atoms with Gasteiger partial charge in [0.05, 0.1) is 23.2 Å². The minimum Gasteiger partial charge on any atom is -0.324 e. The molecule has 2 aromatic rings. The van der Waals surface area contributed by atoms with Gasteiger partial charge in [-0.05, 0) is 36.1 Å². The molecule has 1 aliphatic rings. The molecule has 0 bridgehead atoms. The van der Waals surface area contributed by atoms with Crippen LogP contribution in [0.5, 0.6) is 0 Å². The van der Waals surface area contributed by atoms with E-state index >= 15 is 0 Å². The van der Waals surface area contributed by atoms with E-state index in [0.29, 0.717) is 6.42 Å². The molecule has 1 amide bonds. The van der Waals surface area contributed by atoms with E-state index in [0.717, 1.165) is 30.0 Å². The molecule has 1 saturated carbocycles. The van der Waals surface area contributed by atoms with Crippen LogP contribution in [0.3, 0.4) is 0 Å². The molecule has 27 heavy (non-hydrogen) atoms. The van der Waals surface area contributed by atoms with Crippen molar-refractivity contribution in [3.63, 3.8) is 0 Å². The van der Waals surface area contributed by atoms with Crippen LogP contribution in [0.25, 0.3) is 0 Å². The summed E-state index contributed by atoms with van der Waals surface area (Å²) in [6, 6.07) is 11.8. The standard InChI is InChI=1S/C18H17F3N2O3S/c1-27(25,26)23-15-8-7-12(18(19,20)21)9-16(15)22-17(24)14-10-13(14)11-5-3-2-4-6-11/h2-9,13-14,23H,10H2,1H3,(H,22,24)/t13-,14-/m0/s1. The predicted octanol–water partition coefficient (Wildman–Crippen LogP) is 3.82. The molecule has 0 unspecified atom stereocenters. The highest BCUT2D eigenvalue weighted by Gasteiger charge is 2.44. The zero-order chi connectivity index (χ0) is 19.8. The van der Waals surface area contributed by atoms with Gasteiger partial charge in [-0.2, -0.15) is 13.2 Å². The van der Waals surface area contributed by atoms with Gasteiger partial charge in [0.25, 0.3) is 0 Å². The summed E-state index contributed by atoms with van der Waals surface area (Å²) in [6.45, 7) is 0. The molecule has 0 aliphatic heterocycles. The molecule has 0 spiro atoms. The number of hydrogen-bond acceptors (Lipinski definition) is 3. The SMILES string of the molecule is CS(=O)(=O)Nc1ccc(C(F)(F)F)cc1NC(=O)[C@H]1C[C@H]1c1ccccc1. The van der Waals surface area contributed by atoms with Crippen LogP contribution in [0.4, 0.5) is 24.5 Å². The topological polar surface area (TPSA) is 75.3 Å². The third-order valence-corrected chi connectivity index (χ3v) is 4.85. The van der Waals surface area contributed by atoms with Crippen molar-refractivity contribution in [2.24, 2.45) is 5.92 Å². The number of nitrogens with one attached hydrogen (secondary N) is 2. The van der Waals surface area contributed by atoms with Crippen LogP contribution in [-0.2, 0) is 21.0 Å². The summed E-state index contributed by atoms with van der Waals surface area (Å²) in [7, 11) is -3.72. The minimum absolute atomic E-state index is 0.00307. The molecule has 1 aliphatic carbocycles. The second kappa shape index (κ2) is 6.88. The average molecular weight is 398 g/mol. The molecule has 0 heterocycles. The Balaban J connectivity index is 1.83. The predicted molar refractivity (Wildman–Crippen MR) is 95.8 cm³/mol. The van der Waals surface area contributed by atoms with Crippen LogP contribution in [0.15, 0.2) is 48.5 Å². The van der Waals surface area contributed by atoms with Crippen LogP contribution < -0.4 is 10.0 Å². The number of hydrogen-bond donors (Lipinski definition) is 2. The fourth-order valence-electron chi connectivity index (χ4n) is 2.89. The number of amides is 1. The molecule has 0 radical (unpaired) electrons. The van der Waals surface area contributed by atoms with E-state index in [1.807, 2.05) is 30.3 Å². The number of anilines is 2. The summed E-state index contributed by atoms with van der Waals surface area (Å²) in [4.78, 5) is 12.5. The third kappa shape index (κ3) is 4.79. The Morgan fingerprint density at radius 1 is 1.07 bits per heavy atom. The molecule has 0 saturated heterocycles. The van der Waals surface area contributed by atoms with Crippen LogP contribution >= 0.6 is 0 Å². The fraction of sp³-hybridized carbons (Fsp3) is 0.278. The highest BCUT2D eigenvalue weighted by atomic mass is 32.2.